The fourth-order valence-corrected chi connectivity index (χ4v) is 3.33. The summed E-state index contributed by atoms with van der Waals surface area (Å²) in [7, 11) is 0. The van der Waals surface area contributed by atoms with E-state index >= 15 is 0 Å². The van der Waals surface area contributed by atoms with Gasteiger partial charge < -0.3 is 19.5 Å². The first-order valence-corrected chi connectivity index (χ1v) is 9.63. The molecule has 1 fully saturated rings. The molecule has 0 spiro atoms. The van der Waals surface area contributed by atoms with Crippen LogP contribution in [0.4, 0.5) is 0 Å². The van der Waals surface area contributed by atoms with Crippen molar-refractivity contribution in [2.45, 2.75) is 25.0 Å². The number of aromatic nitrogens is 1. The lowest BCUT2D eigenvalue weighted by atomic mass is 10.1. The fraction of sp³-hybridized carbons (Fsp3) is 0.318. The van der Waals surface area contributed by atoms with Crippen LogP contribution in [0.15, 0.2) is 54.4 Å². The van der Waals surface area contributed by atoms with Crippen molar-refractivity contribution in [1.82, 2.24) is 10.3 Å². The lowest BCUT2D eigenvalue weighted by molar-refractivity contribution is -0.153. The predicted octanol–water partition coefficient (Wildman–Crippen LogP) is 2.44. The van der Waals surface area contributed by atoms with E-state index in [1.54, 1.807) is 24.4 Å². The molecule has 2 atom stereocenters. The average molecular weight is 394 g/mol. The lowest BCUT2D eigenvalue weighted by Gasteiger charge is -2.21. The molecule has 2 aliphatic heterocycles. The molecule has 0 saturated carbocycles. The Balaban J connectivity index is 1.48. The molecule has 1 aromatic heterocycles. The first kappa shape index (κ1) is 19.1. The van der Waals surface area contributed by atoms with Crippen LogP contribution in [0.1, 0.15) is 30.1 Å². The van der Waals surface area contributed by atoms with E-state index in [9.17, 15) is 9.59 Å². The Morgan fingerprint density at radius 2 is 2.14 bits per heavy atom. The Bertz CT molecular complexity index is 906. The largest absolute Gasteiger partial charge is 0.488 e. The van der Waals surface area contributed by atoms with Crippen molar-refractivity contribution >= 4 is 18.0 Å². The van der Waals surface area contributed by atoms with Gasteiger partial charge >= 0.3 is 5.97 Å². The zero-order valence-electron chi connectivity index (χ0n) is 15.9. The van der Waals surface area contributed by atoms with Gasteiger partial charge in [-0.25, -0.2) is 4.79 Å². The third-order valence-electron chi connectivity index (χ3n) is 4.87. The molecule has 2 aromatic rings. The quantitative estimate of drug-likeness (QED) is 0.758. The summed E-state index contributed by atoms with van der Waals surface area (Å²) in [5, 5.41) is 2.83. The van der Waals surface area contributed by atoms with E-state index in [0.717, 1.165) is 18.4 Å². The maximum Gasteiger partial charge on any atom is 0.338 e. The van der Waals surface area contributed by atoms with Gasteiger partial charge in [0.2, 0.25) is 6.10 Å². The minimum absolute atomic E-state index is 0.00449. The minimum Gasteiger partial charge on any atom is -0.488 e. The Morgan fingerprint density at radius 3 is 2.93 bits per heavy atom. The number of fused-ring (bicyclic) bond motifs is 1. The van der Waals surface area contributed by atoms with Gasteiger partial charge in [-0.05, 0) is 31.1 Å². The van der Waals surface area contributed by atoms with Crippen LogP contribution >= 0.6 is 0 Å². The van der Waals surface area contributed by atoms with E-state index in [1.165, 1.54) is 6.20 Å². The van der Waals surface area contributed by atoms with Gasteiger partial charge in [-0.2, -0.15) is 0 Å². The average Bonchev–Trinajstić information content (AvgIpc) is 3.29. The Kier molecular flexibility index (Phi) is 5.86. The molecule has 0 bridgehead atoms. The van der Waals surface area contributed by atoms with Crippen LogP contribution in [0, 0.1) is 0 Å². The van der Waals surface area contributed by atoms with E-state index in [4.69, 9.17) is 14.2 Å². The standard InChI is InChI=1S/C22H22N2O5/c25-21(24-13-18-7-4-10-27-18)20(16-6-3-9-23-12-16)29-22(26)17-11-15-5-1-2-8-19(15)28-14-17/h1-3,5-6,8-9,11-12,18,20H,4,7,10,13-14H2,(H,24,25)/t18-,20-/m1/s1. The summed E-state index contributed by atoms with van der Waals surface area (Å²) in [6.07, 6.45) is 5.63. The molecule has 0 aliphatic carbocycles. The summed E-state index contributed by atoms with van der Waals surface area (Å²) in [5.41, 5.74) is 1.65. The first-order valence-electron chi connectivity index (χ1n) is 9.63. The van der Waals surface area contributed by atoms with Crippen LogP contribution in [0.3, 0.4) is 0 Å². The molecule has 3 heterocycles. The van der Waals surface area contributed by atoms with E-state index in [0.29, 0.717) is 30.0 Å². The molecule has 2 aliphatic rings. The molecule has 7 heteroatoms. The molecule has 0 unspecified atom stereocenters. The van der Waals surface area contributed by atoms with Crippen LogP contribution < -0.4 is 10.1 Å². The minimum atomic E-state index is -1.10. The third-order valence-corrected chi connectivity index (χ3v) is 4.87. The zero-order chi connectivity index (χ0) is 20.1. The number of ether oxygens (including phenoxy) is 3. The summed E-state index contributed by atoms with van der Waals surface area (Å²) in [6.45, 7) is 1.18. The van der Waals surface area contributed by atoms with Crippen molar-refractivity contribution in [1.29, 1.82) is 0 Å². The summed E-state index contributed by atoms with van der Waals surface area (Å²) >= 11 is 0. The number of nitrogens with one attached hydrogen (secondary N) is 1. The van der Waals surface area contributed by atoms with Gasteiger partial charge in [0.05, 0.1) is 11.7 Å². The molecule has 150 valence electrons. The van der Waals surface area contributed by atoms with Crippen LogP contribution in [-0.2, 0) is 19.1 Å². The molecule has 29 heavy (non-hydrogen) atoms. The van der Waals surface area contributed by atoms with E-state index in [1.807, 2.05) is 24.3 Å². The SMILES string of the molecule is O=C(O[C@@H](C(=O)NC[C@H]1CCCO1)c1cccnc1)C1=Cc2ccccc2OC1. The first-order chi connectivity index (χ1) is 14.2. The number of rotatable bonds is 6. The third kappa shape index (κ3) is 4.63. The van der Waals surface area contributed by atoms with Crippen molar-refractivity contribution in [3.05, 3.63) is 65.5 Å². The van der Waals surface area contributed by atoms with E-state index in [2.05, 4.69) is 10.3 Å². The number of benzene rings is 1. The monoisotopic (exact) mass is 394 g/mol. The molecule has 7 nitrogen and oxygen atoms in total. The highest BCUT2D eigenvalue weighted by molar-refractivity contribution is 5.97. The van der Waals surface area contributed by atoms with Crippen molar-refractivity contribution in [2.24, 2.45) is 0 Å². The highest BCUT2D eigenvalue weighted by atomic mass is 16.6. The molecular weight excluding hydrogens is 372 g/mol. The number of hydrogen-bond donors (Lipinski definition) is 1. The zero-order valence-corrected chi connectivity index (χ0v) is 15.9. The van der Waals surface area contributed by atoms with Gasteiger partial charge in [0.1, 0.15) is 12.4 Å². The van der Waals surface area contributed by atoms with Crippen LogP contribution in [0.2, 0.25) is 0 Å². The van der Waals surface area contributed by atoms with Gasteiger partial charge in [-0.1, -0.05) is 24.3 Å². The second kappa shape index (κ2) is 8.87. The summed E-state index contributed by atoms with van der Waals surface area (Å²) in [6, 6.07) is 10.8. The van der Waals surface area contributed by atoms with Gasteiger partial charge in [0.15, 0.2) is 0 Å². The molecule has 1 aromatic carbocycles. The van der Waals surface area contributed by atoms with Crippen molar-refractivity contribution in [3.8, 4) is 5.75 Å². The predicted molar refractivity (Wildman–Crippen MR) is 105 cm³/mol. The summed E-state index contributed by atoms with van der Waals surface area (Å²) in [4.78, 5) is 29.6. The normalized spacial score (nSPS) is 18.8. The van der Waals surface area contributed by atoms with Crippen molar-refractivity contribution < 1.29 is 23.8 Å². The van der Waals surface area contributed by atoms with Crippen LogP contribution in [0.25, 0.3) is 6.08 Å². The molecule has 4 rings (SSSR count). The second-order valence-corrected chi connectivity index (χ2v) is 6.95. The van der Waals surface area contributed by atoms with Gasteiger partial charge in [0.25, 0.3) is 5.91 Å². The molecule has 1 saturated heterocycles. The Hall–Kier alpha value is -3.19. The van der Waals surface area contributed by atoms with Gasteiger partial charge in [0, 0.05) is 36.7 Å². The highest BCUT2D eigenvalue weighted by Crippen LogP contribution is 2.27. The molecular formula is C22H22N2O5. The maximum atomic E-state index is 12.8. The number of nitrogens with zero attached hydrogens (tertiary/aromatic N) is 1. The smallest absolute Gasteiger partial charge is 0.338 e. The van der Waals surface area contributed by atoms with Crippen LogP contribution in [0.5, 0.6) is 5.75 Å². The highest BCUT2D eigenvalue weighted by Gasteiger charge is 2.29. The number of amides is 1. The number of pyridine rings is 1. The number of carbonyl (C=O) groups excluding carboxylic acids is 2. The van der Waals surface area contributed by atoms with E-state index in [-0.39, 0.29) is 12.7 Å². The van der Waals surface area contributed by atoms with Gasteiger partial charge in [-0.3, -0.25) is 9.78 Å². The topological polar surface area (TPSA) is 86.8 Å². The van der Waals surface area contributed by atoms with Gasteiger partial charge in [-0.15, -0.1) is 0 Å². The molecule has 1 N–H and O–H groups in total. The van der Waals surface area contributed by atoms with Crippen LogP contribution in [-0.4, -0.2) is 42.7 Å². The molecule has 1 amide bonds. The second-order valence-electron chi connectivity index (χ2n) is 6.95. The molecule has 0 radical (unpaired) electrons. The number of carbonyl (C=O) groups is 2. The number of hydrogen-bond acceptors (Lipinski definition) is 6. The Labute approximate surface area is 168 Å². The lowest BCUT2D eigenvalue weighted by Crippen LogP contribution is -2.37. The number of para-hydroxylation sites is 1. The summed E-state index contributed by atoms with van der Waals surface area (Å²) < 4.78 is 16.7. The Morgan fingerprint density at radius 1 is 1.24 bits per heavy atom. The van der Waals surface area contributed by atoms with Crippen molar-refractivity contribution in [3.63, 3.8) is 0 Å². The van der Waals surface area contributed by atoms with E-state index < -0.39 is 18.0 Å². The maximum absolute atomic E-state index is 12.8. The summed E-state index contributed by atoms with van der Waals surface area (Å²) in [5.74, 6) is -0.289. The number of esters is 1. The van der Waals surface area contributed by atoms with Crippen molar-refractivity contribution in [2.75, 3.05) is 19.8 Å². The fourth-order valence-electron chi connectivity index (χ4n) is 3.33.